The van der Waals surface area contributed by atoms with Gasteiger partial charge in [0.2, 0.25) is 6.29 Å². The standard InChI is InChI=1S/C28H40O4/c1-15(2)23-11-21(12-24(16(3)4)27(23)30)22-13-25(17(5)6)28(26(14-22)18(7)8)32-20(10)31-19(9)29/h11-18,20,30H,1-10H3. The number of hydrogen-bond acceptors (Lipinski definition) is 4. The summed E-state index contributed by atoms with van der Waals surface area (Å²) in [5.41, 5.74) is 6.29. The van der Waals surface area contributed by atoms with E-state index in [1.54, 1.807) is 6.92 Å². The van der Waals surface area contributed by atoms with E-state index in [4.69, 9.17) is 9.47 Å². The zero-order valence-electron chi connectivity index (χ0n) is 21.4. The monoisotopic (exact) mass is 440 g/mol. The molecule has 2 aromatic carbocycles. The number of carbonyl (C=O) groups is 1. The fourth-order valence-electron chi connectivity index (χ4n) is 3.99. The van der Waals surface area contributed by atoms with Crippen LogP contribution < -0.4 is 4.74 Å². The van der Waals surface area contributed by atoms with Gasteiger partial charge in [0.15, 0.2) is 0 Å². The van der Waals surface area contributed by atoms with E-state index in [0.29, 0.717) is 5.75 Å². The highest BCUT2D eigenvalue weighted by Gasteiger charge is 2.22. The fraction of sp³-hybridized carbons (Fsp3) is 0.536. The van der Waals surface area contributed by atoms with Crippen LogP contribution in [0.15, 0.2) is 24.3 Å². The van der Waals surface area contributed by atoms with Gasteiger partial charge in [-0.3, -0.25) is 4.79 Å². The summed E-state index contributed by atoms with van der Waals surface area (Å²) >= 11 is 0. The Hall–Kier alpha value is -2.49. The lowest BCUT2D eigenvalue weighted by atomic mass is 9.86. The Balaban J connectivity index is 2.75. The van der Waals surface area contributed by atoms with Crippen molar-refractivity contribution < 1.29 is 19.4 Å². The van der Waals surface area contributed by atoms with Crippen LogP contribution in [0.2, 0.25) is 0 Å². The number of phenolic OH excluding ortho intramolecular Hbond substituents is 1. The number of benzene rings is 2. The van der Waals surface area contributed by atoms with Crippen LogP contribution in [0.1, 0.15) is 115 Å². The number of ether oxygens (including phenoxy) is 2. The van der Waals surface area contributed by atoms with Gasteiger partial charge < -0.3 is 14.6 Å². The van der Waals surface area contributed by atoms with Crippen molar-refractivity contribution in [2.45, 2.75) is 99.2 Å². The second-order valence-corrected chi connectivity index (χ2v) is 9.90. The van der Waals surface area contributed by atoms with Crippen LogP contribution >= 0.6 is 0 Å². The van der Waals surface area contributed by atoms with Crippen molar-refractivity contribution in [1.29, 1.82) is 0 Å². The second-order valence-electron chi connectivity index (χ2n) is 9.90. The Morgan fingerprint density at radius 2 is 1.03 bits per heavy atom. The SMILES string of the molecule is CC(=O)OC(C)Oc1c(C(C)C)cc(-c2cc(C(C)C)c(O)c(C(C)C)c2)cc1C(C)C. The largest absolute Gasteiger partial charge is 0.507 e. The molecule has 0 aliphatic carbocycles. The predicted octanol–water partition coefficient (Wildman–Crippen LogP) is 7.84. The van der Waals surface area contributed by atoms with Crippen molar-refractivity contribution in [3.05, 3.63) is 46.5 Å². The van der Waals surface area contributed by atoms with Crippen LogP contribution in [0.4, 0.5) is 0 Å². The van der Waals surface area contributed by atoms with E-state index >= 15 is 0 Å². The van der Waals surface area contributed by atoms with Gasteiger partial charge in [-0.05, 0) is 81.3 Å². The summed E-state index contributed by atoms with van der Waals surface area (Å²) in [6.07, 6.45) is -0.665. The first-order valence-electron chi connectivity index (χ1n) is 11.7. The minimum absolute atomic E-state index is 0.216. The van der Waals surface area contributed by atoms with E-state index in [1.807, 2.05) is 0 Å². The number of phenols is 1. The molecule has 0 radical (unpaired) electrons. The average molecular weight is 441 g/mol. The van der Waals surface area contributed by atoms with Crippen molar-refractivity contribution >= 4 is 5.97 Å². The molecule has 2 rings (SSSR count). The van der Waals surface area contributed by atoms with Crippen molar-refractivity contribution in [2.24, 2.45) is 0 Å². The molecule has 4 nitrogen and oxygen atoms in total. The molecule has 0 aliphatic rings. The molecule has 0 spiro atoms. The van der Waals surface area contributed by atoms with Crippen LogP contribution in [0.3, 0.4) is 0 Å². The number of aromatic hydroxyl groups is 1. The Morgan fingerprint density at radius 3 is 1.34 bits per heavy atom. The topological polar surface area (TPSA) is 55.8 Å². The Kier molecular flexibility index (Phi) is 8.39. The Bertz CT molecular complexity index is 896. The second kappa shape index (κ2) is 10.4. The first kappa shape index (κ1) is 25.8. The Labute approximate surface area is 194 Å². The number of hydrogen-bond donors (Lipinski definition) is 1. The highest BCUT2D eigenvalue weighted by Crippen LogP contribution is 2.42. The number of rotatable bonds is 8. The molecule has 2 aromatic rings. The summed E-state index contributed by atoms with van der Waals surface area (Å²) in [6.45, 7) is 20.1. The quantitative estimate of drug-likeness (QED) is 0.335. The number of carbonyl (C=O) groups excluding carboxylic acids is 1. The summed E-state index contributed by atoms with van der Waals surface area (Å²) < 4.78 is 11.4. The highest BCUT2D eigenvalue weighted by molar-refractivity contribution is 5.72. The zero-order chi connectivity index (χ0) is 24.3. The smallest absolute Gasteiger partial charge is 0.305 e. The maximum absolute atomic E-state index is 11.4. The third-order valence-electron chi connectivity index (χ3n) is 5.75. The van der Waals surface area contributed by atoms with E-state index in [-0.39, 0.29) is 29.6 Å². The van der Waals surface area contributed by atoms with Crippen LogP contribution in [-0.4, -0.2) is 17.4 Å². The first-order chi connectivity index (χ1) is 14.8. The molecule has 1 N–H and O–H groups in total. The van der Waals surface area contributed by atoms with Gasteiger partial charge >= 0.3 is 5.97 Å². The van der Waals surface area contributed by atoms with Gasteiger partial charge in [-0.25, -0.2) is 0 Å². The Morgan fingerprint density at radius 1 is 0.688 bits per heavy atom. The minimum Gasteiger partial charge on any atom is -0.507 e. The molecule has 176 valence electrons. The fourth-order valence-corrected chi connectivity index (χ4v) is 3.99. The van der Waals surface area contributed by atoms with Crippen molar-refractivity contribution in [1.82, 2.24) is 0 Å². The lowest BCUT2D eigenvalue weighted by molar-refractivity contribution is -0.158. The molecule has 0 amide bonds. The van der Waals surface area contributed by atoms with E-state index < -0.39 is 6.29 Å². The van der Waals surface area contributed by atoms with Crippen molar-refractivity contribution in [3.8, 4) is 22.6 Å². The summed E-state index contributed by atoms with van der Waals surface area (Å²) in [7, 11) is 0. The van der Waals surface area contributed by atoms with Gasteiger partial charge in [0.25, 0.3) is 0 Å². The minimum atomic E-state index is -0.665. The van der Waals surface area contributed by atoms with Crippen LogP contribution in [0.5, 0.6) is 11.5 Å². The van der Waals surface area contributed by atoms with Crippen molar-refractivity contribution in [2.75, 3.05) is 0 Å². The van der Waals surface area contributed by atoms with Gasteiger partial charge in [-0.1, -0.05) is 55.4 Å². The van der Waals surface area contributed by atoms with E-state index in [0.717, 1.165) is 39.1 Å². The molecule has 0 saturated heterocycles. The van der Waals surface area contributed by atoms with Gasteiger partial charge in [0.1, 0.15) is 11.5 Å². The molecule has 0 saturated carbocycles. The maximum Gasteiger partial charge on any atom is 0.305 e. The predicted molar refractivity (Wildman–Crippen MR) is 132 cm³/mol. The lowest BCUT2D eigenvalue weighted by Gasteiger charge is -2.25. The maximum atomic E-state index is 11.4. The summed E-state index contributed by atoms with van der Waals surface area (Å²) in [5, 5.41) is 10.8. The van der Waals surface area contributed by atoms with Gasteiger partial charge in [0.05, 0.1) is 0 Å². The molecule has 0 aliphatic heterocycles. The van der Waals surface area contributed by atoms with Gasteiger partial charge in [0, 0.05) is 13.8 Å². The zero-order valence-corrected chi connectivity index (χ0v) is 21.4. The summed E-state index contributed by atoms with van der Waals surface area (Å²) in [5.74, 6) is 1.71. The molecular weight excluding hydrogens is 400 g/mol. The third kappa shape index (κ3) is 5.85. The third-order valence-corrected chi connectivity index (χ3v) is 5.75. The molecular formula is C28H40O4. The van der Waals surface area contributed by atoms with Crippen LogP contribution in [0, 0.1) is 0 Å². The summed E-state index contributed by atoms with van der Waals surface area (Å²) in [6, 6.07) is 8.56. The van der Waals surface area contributed by atoms with Crippen LogP contribution in [-0.2, 0) is 9.53 Å². The molecule has 0 heterocycles. The molecule has 1 unspecified atom stereocenters. The van der Waals surface area contributed by atoms with E-state index in [1.165, 1.54) is 6.92 Å². The normalized spacial score (nSPS) is 12.7. The lowest BCUT2D eigenvalue weighted by Crippen LogP contribution is -2.21. The van der Waals surface area contributed by atoms with E-state index in [9.17, 15) is 9.90 Å². The first-order valence-corrected chi connectivity index (χ1v) is 11.7. The van der Waals surface area contributed by atoms with Gasteiger partial charge in [-0.2, -0.15) is 0 Å². The van der Waals surface area contributed by atoms with Crippen LogP contribution in [0.25, 0.3) is 11.1 Å². The summed E-state index contributed by atoms with van der Waals surface area (Å²) in [4.78, 5) is 11.4. The average Bonchev–Trinajstić information content (AvgIpc) is 2.66. The molecule has 32 heavy (non-hydrogen) atoms. The molecule has 0 aromatic heterocycles. The molecule has 4 heteroatoms. The van der Waals surface area contributed by atoms with Crippen molar-refractivity contribution in [3.63, 3.8) is 0 Å². The number of esters is 1. The molecule has 0 bridgehead atoms. The molecule has 0 fully saturated rings. The van der Waals surface area contributed by atoms with E-state index in [2.05, 4.69) is 79.7 Å². The highest BCUT2D eigenvalue weighted by atomic mass is 16.7. The molecule has 1 atom stereocenters. The van der Waals surface area contributed by atoms with Gasteiger partial charge in [-0.15, -0.1) is 0 Å².